The van der Waals surface area contributed by atoms with Crippen molar-refractivity contribution in [2.24, 2.45) is 7.05 Å². The van der Waals surface area contributed by atoms with Crippen LogP contribution in [0.3, 0.4) is 0 Å². The first kappa shape index (κ1) is 18.3. The first-order valence-electron chi connectivity index (χ1n) is 7.66. The predicted molar refractivity (Wildman–Crippen MR) is 91.8 cm³/mol. The van der Waals surface area contributed by atoms with E-state index in [1.54, 1.807) is 38.2 Å². The molecule has 138 valence electrons. The SMILES string of the molecule is Cc1nc2c(c(OCC(F)(F)F)cn2C)c(=O)n1Cc1cccc(Cl)c1. The van der Waals surface area contributed by atoms with Gasteiger partial charge in [0.05, 0.1) is 6.54 Å². The van der Waals surface area contributed by atoms with E-state index in [9.17, 15) is 18.0 Å². The summed E-state index contributed by atoms with van der Waals surface area (Å²) in [5.41, 5.74) is 0.579. The second-order valence-electron chi connectivity index (χ2n) is 5.89. The van der Waals surface area contributed by atoms with Gasteiger partial charge in [-0.05, 0) is 24.6 Å². The van der Waals surface area contributed by atoms with Gasteiger partial charge in [0.2, 0.25) is 0 Å². The van der Waals surface area contributed by atoms with E-state index in [-0.39, 0.29) is 23.3 Å². The Morgan fingerprint density at radius 3 is 2.69 bits per heavy atom. The number of halogens is 4. The molecule has 1 aromatic carbocycles. The van der Waals surface area contributed by atoms with Crippen molar-refractivity contribution in [3.05, 3.63) is 57.2 Å². The van der Waals surface area contributed by atoms with Crippen molar-refractivity contribution < 1.29 is 17.9 Å². The fraction of sp³-hybridized carbons (Fsp3) is 0.294. The molecule has 0 unspecified atom stereocenters. The molecule has 2 heterocycles. The summed E-state index contributed by atoms with van der Waals surface area (Å²) in [6, 6.07) is 6.98. The second kappa shape index (κ2) is 6.68. The predicted octanol–water partition coefficient (Wildman–Crippen LogP) is 3.69. The molecule has 0 atom stereocenters. The molecule has 0 bridgehead atoms. The molecule has 3 aromatic rings. The van der Waals surface area contributed by atoms with Crippen LogP contribution in [0.25, 0.3) is 11.0 Å². The van der Waals surface area contributed by atoms with Crippen LogP contribution >= 0.6 is 11.6 Å². The van der Waals surface area contributed by atoms with Gasteiger partial charge in [-0.3, -0.25) is 9.36 Å². The monoisotopic (exact) mass is 385 g/mol. The Kier molecular flexibility index (Phi) is 4.70. The first-order valence-corrected chi connectivity index (χ1v) is 8.04. The molecule has 0 amide bonds. The minimum atomic E-state index is -4.50. The van der Waals surface area contributed by atoms with Crippen molar-refractivity contribution in [3.63, 3.8) is 0 Å². The maximum Gasteiger partial charge on any atom is 0.422 e. The minimum absolute atomic E-state index is 0.0179. The van der Waals surface area contributed by atoms with Crippen LogP contribution in [-0.4, -0.2) is 26.9 Å². The molecule has 0 radical (unpaired) electrons. The molecule has 0 saturated heterocycles. The van der Waals surface area contributed by atoms with Crippen LogP contribution in [0, 0.1) is 6.92 Å². The summed E-state index contributed by atoms with van der Waals surface area (Å²) in [5.74, 6) is 0.295. The van der Waals surface area contributed by atoms with Gasteiger partial charge < -0.3 is 9.30 Å². The average Bonchev–Trinajstić information content (AvgIpc) is 2.85. The van der Waals surface area contributed by atoms with Crippen LogP contribution < -0.4 is 10.3 Å². The highest BCUT2D eigenvalue weighted by Crippen LogP contribution is 2.26. The van der Waals surface area contributed by atoms with Gasteiger partial charge in [-0.2, -0.15) is 13.2 Å². The van der Waals surface area contributed by atoms with Crippen LogP contribution in [-0.2, 0) is 13.6 Å². The van der Waals surface area contributed by atoms with Crippen molar-refractivity contribution in [3.8, 4) is 5.75 Å². The Morgan fingerprint density at radius 1 is 1.31 bits per heavy atom. The Morgan fingerprint density at radius 2 is 2.04 bits per heavy atom. The summed E-state index contributed by atoms with van der Waals surface area (Å²) in [6.07, 6.45) is -3.17. The lowest BCUT2D eigenvalue weighted by molar-refractivity contribution is -0.153. The second-order valence-corrected chi connectivity index (χ2v) is 6.32. The number of aromatic nitrogens is 3. The van der Waals surface area contributed by atoms with Gasteiger partial charge in [-0.25, -0.2) is 4.98 Å². The van der Waals surface area contributed by atoms with Crippen molar-refractivity contribution in [2.45, 2.75) is 19.6 Å². The standard InChI is InChI=1S/C17H15ClF3N3O2/c1-10-22-15-14(13(8-23(15)2)26-9-17(19,20)21)16(25)24(10)7-11-4-3-5-12(18)6-11/h3-6,8H,7,9H2,1-2H3. The molecule has 2 aromatic heterocycles. The third-order valence-electron chi connectivity index (χ3n) is 3.85. The molecule has 3 rings (SSSR count). The van der Waals surface area contributed by atoms with Crippen LogP contribution in [0.2, 0.25) is 5.02 Å². The van der Waals surface area contributed by atoms with Crippen molar-refractivity contribution in [1.29, 1.82) is 0 Å². The Balaban J connectivity index is 2.09. The molecule has 0 aliphatic carbocycles. The lowest BCUT2D eigenvalue weighted by atomic mass is 10.2. The van der Waals surface area contributed by atoms with Gasteiger partial charge in [0.1, 0.15) is 11.2 Å². The summed E-state index contributed by atoms with van der Waals surface area (Å²) in [6.45, 7) is 0.379. The van der Waals surface area contributed by atoms with Gasteiger partial charge in [0, 0.05) is 18.3 Å². The van der Waals surface area contributed by atoms with E-state index in [4.69, 9.17) is 16.3 Å². The molecule has 0 spiro atoms. The Labute approximate surface area is 151 Å². The summed E-state index contributed by atoms with van der Waals surface area (Å²) in [7, 11) is 1.59. The smallest absolute Gasteiger partial charge is 0.422 e. The van der Waals surface area contributed by atoms with Crippen LogP contribution in [0.4, 0.5) is 13.2 Å². The number of hydrogen-bond donors (Lipinski definition) is 0. The lowest BCUT2D eigenvalue weighted by Crippen LogP contribution is -2.25. The third kappa shape index (κ3) is 3.70. The molecule has 9 heteroatoms. The molecule has 26 heavy (non-hydrogen) atoms. The highest BCUT2D eigenvalue weighted by Gasteiger charge is 2.29. The number of fused-ring (bicyclic) bond motifs is 1. The van der Waals surface area contributed by atoms with E-state index < -0.39 is 18.3 Å². The van der Waals surface area contributed by atoms with Crippen LogP contribution in [0.5, 0.6) is 5.75 Å². The van der Waals surface area contributed by atoms with E-state index in [0.717, 1.165) is 5.56 Å². The Hall–Kier alpha value is -2.48. The topological polar surface area (TPSA) is 49.1 Å². The zero-order chi connectivity index (χ0) is 19.1. The molecule has 0 fully saturated rings. The van der Waals surface area contributed by atoms with Gasteiger partial charge in [0.15, 0.2) is 18.0 Å². The molecule has 0 aliphatic heterocycles. The average molecular weight is 386 g/mol. The number of aryl methyl sites for hydroxylation is 2. The zero-order valence-corrected chi connectivity index (χ0v) is 14.7. The maximum atomic E-state index is 12.9. The number of alkyl halides is 3. The van der Waals surface area contributed by atoms with Crippen LogP contribution in [0.1, 0.15) is 11.4 Å². The van der Waals surface area contributed by atoms with E-state index in [2.05, 4.69) is 4.98 Å². The first-order chi connectivity index (χ1) is 12.2. The lowest BCUT2D eigenvalue weighted by Gasteiger charge is -2.11. The van der Waals surface area contributed by atoms with E-state index >= 15 is 0 Å². The molecular formula is C17H15ClF3N3O2. The number of ether oxygens (including phenoxy) is 1. The van der Waals surface area contributed by atoms with E-state index in [1.807, 2.05) is 0 Å². The fourth-order valence-corrected chi connectivity index (χ4v) is 2.91. The quantitative estimate of drug-likeness (QED) is 0.688. The molecule has 0 aliphatic rings. The van der Waals surface area contributed by atoms with Gasteiger partial charge >= 0.3 is 6.18 Å². The molecule has 5 nitrogen and oxygen atoms in total. The minimum Gasteiger partial charge on any atom is -0.482 e. The van der Waals surface area contributed by atoms with Crippen molar-refractivity contribution in [2.75, 3.05) is 6.61 Å². The van der Waals surface area contributed by atoms with Crippen molar-refractivity contribution >= 4 is 22.6 Å². The summed E-state index contributed by atoms with van der Waals surface area (Å²) in [5, 5.41) is 0.542. The zero-order valence-electron chi connectivity index (χ0n) is 14.0. The molecule has 0 N–H and O–H groups in total. The number of nitrogens with zero attached hydrogens (tertiary/aromatic N) is 3. The number of rotatable bonds is 4. The summed E-state index contributed by atoms with van der Waals surface area (Å²) >= 11 is 5.97. The largest absolute Gasteiger partial charge is 0.482 e. The van der Waals surface area contributed by atoms with Gasteiger partial charge in [0.25, 0.3) is 5.56 Å². The van der Waals surface area contributed by atoms with Gasteiger partial charge in [-0.1, -0.05) is 23.7 Å². The number of hydrogen-bond acceptors (Lipinski definition) is 3. The van der Waals surface area contributed by atoms with E-state index in [1.165, 1.54) is 15.3 Å². The summed E-state index contributed by atoms with van der Waals surface area (Å²) < 4.78 is 45.1. The molecule has 0 saturated carbocycles. The van der Waals surface area contributed by atoms with Crippen molar-refractivity contribution in [1.82, 2.24) is 14.1 Å². The van der Waals surface area contributed by atoms with Gasteiger partial charge in [-0.15, -0.1) is 0 Å². The number of benzene rings is 1. The molecular weight excluding hydrogens is 371 g/mol. The van der Waals surface area contributed by atoms with E-state index in [0.29, 0.717) is 10.8 Å². The highest BCUT2D eigenvalue weighted by molar-refractivity contribution is 6.30. The summed E-state index contributed by atoms with van der Waals surface area (Å²) in [4.78, 5) is 17.3. The fourth-order valence-electron chi connectivity index (χ4n) is 2.69. The van der Waals surface area contributed by atoms with Crippen LogP contribution in [0.15, 0.2) is 35.3 Å². The maximum absolute atomic E-state index is 12.9. The third-order valence-corrected chi connectivity index (χ3v) is 4.09. The highest BCUT2D eigenvalue weighted by atomic mass is 35.5. The Bertz CT molecular complexity index is 1020. The normalized spacial score (nSPS) is 11.9.